The van der Waals surface area contributed by atoms with Crippen molar-refractivity contribution in [1.29, 1.82) is 0 Å². The van der Waals surface area contributed by atoms with Crippen LogP contribution in [-0.2, 0) is 4.79 Å². The lowest BCUT2D eigenvalue weighted by molar-refractivity contribution is -0.105. The van der Waals surface area contributed by atoms with E-state index in [0.29, 0.717) is 6.29 Å². The van der Waals surface area contributed by atoms with Crippen LogP contribution in [0.15, 0.2) is 48.5 Å². The maximum Gasteiger partial charge on any atom is 0.167 e. The van der Waals surface area contributed by atoms with E-state index in [0.717, 1.165) is 5.70 Å². The molecular weight excluding hydrogens is 178 g/mol. The zero-order valence-corrected chi connectivity index (χ0v) is 8.18. The monoisotopic (exact) mass is 193 g/mol. The topological polar surface area (TPSA) is 72.3 Å². The molecule has 0 saturated heterocycles. The molecular formula is C10H15N3O. The number of rotatable bonds is 5. The molecule has 0 heterocycles. The molecule has 0 aromatic heterocycles. The molecule has 0 aliphatic heterocycles. The van der Waals surface area contributed by atoms with Crippen molar-refractivity contribution in [3.63, 3.8) is 0 Å². The molecule has 0 aromatic rings. The highest BCUT2D eigenvalue weighted by molar-refractivity contribution is 5.71. The largest absolute Gasteiger partial charge is 0.395 e. The standard InChI is InChI=1S/C10H15N3O/c1-3-5-6-10(4-2)13(12)7-9(11)8-14/h3-8H,1,11-12H2,2H3/b6-5-,9-7-,10-4+. The summed E-state index contributed by atoms with van der Waals surface area (Å²) in [5.74, 6) is 5.61. The van der Waals surface area contributed by atoms with E-state index in [4.69, 9.17) is 11.6 Å². The predicted octanol–water partition coefficient (Wildman–Crippen LogP) is 0.807. The van der Waals surface area contributed by atoms with Gasteiger partial charge in [-0.2, -0.15) is 0 Å². The molecule has 4 nitrogen and oxygen atoms in total. The minimum Gasteiger partial charge on any atom is -0.395 e. The van der Waals surface area contributed by atoms with Gasteiger partial charge in [-0.3, -0.25) is 9.80 Å². The van der Waals surface area contributed by atoms with Gasteiger partial charge in [0.05, 0.1) is 11.4 Å². The Balaban J connectivity index is 4.64. The van der Waals surface area contributed by atoms with Crippen LogP contribution in [0.2, 0.25) is 0 Å². The average Bonchev–Trinajstić information content (AvgIpc) is 2.18. The van der Waals surface area contributed by atoms with E-state index in [1.54, 1.807) is 24.3 Å². The molecule has 0 amide bonds. The van der Waals surface area contributed by atoms with Crippen LogP contribution in [0.25, 0.3) is 0 Å². The lowest BCUT2D eigenvalue weighted by atomic mass is 10.3. The lowest BCUT2D eigenvalue weighted by Crippen LogP contribution is -2.25. The van der Waals surface area contributed by atoms with Gasteiger partial charge in [-0.1, -0.05) is 24.8 Å². The number of allylic oxidation sites excluding steroid dienone is 5. The second-order valence-electron chi connectivity index (χ2n) is 2.46. The van der Waals surface area contributed by atoms with E-state index < -0.39 is 0 Å². The van der Waals surface area contributed by atoms with Crippen LogP contribution in [0.5, 0.6) is 0 Å². The van der Waals surface area contributed by atoms with E-state index in [-0.39, 0.29) is 5.70 Å². The molecule has 4 N–H and O–H groups in total. The van der Waals surface area contributed by atoms with Crippen molar-refractivity contribution in [3.05, 3.63) is 48.5 Å². The van der Waals surface area contributed by atoms with E-state index in [1.165, 1.54) is 11.2 Å². The average molecular weight is 193 g/mol. The van der Waals surface area contributed by atoms with E-state index in [1.807, 2.05) is 6.92 Å². The second-order valence-corrected chi connectivity index (χ2v) is 2.46. The Morgan fingerprint density at radius 3 is 2.57 bits per heavy atom. The molecule has 0 bridgehead atoms. The minimum atomic E-state index is 0.0684. The van der Waals surface area contributed by atoms with Gasteiger partial charge in [0.25, 0.3) is 0 Å². The molecule has 4 heteroatoms. The number of nitrogens with two attached hydrogens (primary N) is 2. The van der Waals surface area contributed by atoms with Crippen LogP contribution in [0.3, 0.4) is 0 Å². The molecule has 0 spiro atoms. The Bertz CT molecular complexity index is 290. The summed E-state index contributed by atoms with van der Waals surface area (Å²) in [5.41, 5.74) is 6.08. The third kappa shape index (κ3) is 4.27. The summed E-state index contributed by atoms with van der Waals surface area (Å²) in [5, 5.41) is 1.27. The van der Waals surface area contributed by atoms with Crippen LogP contribution in [0.1, 0.15) is 6.92 Å². The highest BCUT2D eigenvalue weighted by Crippen LogP contribution is 2.02. The van der Waals surface area contributed by atoms with Crippen molar-refractivity contribution in [3.8, 4) is 0 Å². The third-order valence-electron chi connectivity index (χ3n) is 1.42. The normalized spacial score (nSPS) is 13.0. The Morgan fingerprint density at radius 1 is 1.50 bits per heavy atom. The summed E-state index contributed by atoms with van der Waals surface area (Å²) >= 11 is 0. The Kier molecular flexibility index (Phi) is 5.82. The third-order valence-corrected chi connectivity index (χ3v) is 1.42. The number of nitrogens with zero attached hydrogens (tertiary/aromatic N) is 1. The Labute approximate surface area is 83.8 Å². The molecule has 0 rings (SSSR count). The van der Waals surface area contributed by atoms with Crippen LogP contribution in [0.4, 0.5) is 0 Å². The van der Waals surface area contributed by atoms with Crippen molar-refractivity contribution >= 4 is 6.29 Å². The van der Waals surface area contributed by atoms with E-state index in [9.17, 15) is 4.79 Å². The maximum atomic E-state index is 10.2. The highest BCUT2D eigenvalue weighted by Gasteiger charge is 1.97. The molecule has 0 atom stereocenters. The number of carbonyl (C=O) groups excluding carboxylic acids is 1. The van der Waals surface area contributed by atoms with Gasteiger partial charge < -0.3 is 5.73 Å². The van der Waals surface area contributed by atoms with Crippen LogP contribution < -0.4 is 11.6 Å². The Morgan fingerprint density at radius 2 is 2.14 bits per heavy atom. The van der Waals surface area contributed by atoms with Crippen LogP contribution in [0, 0.1) is 0 Å². The quantitative estimate of drug-likeness (QED) is 0.223. The molecule has 0 unspecified atom stereocenters. The summed E-state index contributed by atoms with van der Waals surface area (Å²) in [7, 11) is 0. The van der Waals surface area contributed by atoms with Gasteiger partial charge in [0.15, 0.2) is 6.29 Å². The van der Waals surface area contributed by atoms with Gasteiger partial charge in [-0.05, 0) is 13.0 Å². The Hall–Kier alpha value is -1.81. The first-order valence-corrected chi connectivity index (χ1v) is 4.07. The highest BCUT2D eigenvalue weighted by atomic mass is 16.1. The SMILES string of the molecule is C=C/C=C\C(=C/C)N(N)/C=C(\N)C=O. The smallest absolute Gasteiger partial charge is 0.167 e. The van der Waals surface area contributed by atoms with Crippen LogP contribution >= 0.6 is 0 Å². The van der Waals surface area contributed by atoms with Gasteiger partial charge in [0.2, 0.25) is 0 Å². The van der Waals surface area contributed by atoms with Crippen molar-refractivity contribution in [1.82, 2.24) is 5.01 Å². The van der Waals surface area contributed by atoms with Gasteiger partial charge in [0, 0.05) is 6.20 Å². The maximum absolute atomic E-state index is 10.2. The van der Waals surface area contributed by atoms with Crippen molar-refractivity contribution in [2.24, 2.45) is 11.6 Å². The summed E-state index contributed by atoms with van der Waals surface area (Å²) in [6, 6.07) is 0. The predicted molar refractivity (Wildman–Crippen MR) is 57.5 cm³/mol. The molecule has 76 valence electrons. The zero-order chi connectivity index (χ0) is 11.0. The summed E-state index contributed by atoms with van der Waals surface area (Å²) in [6.07, 6.45) is 8.78. The molecule has 0 aliphatic rings. The zero-order valence-electron chi connectivity index (χ0n) is 8.18. The number of hydrogen-bond donors (Lipinski definition) is 2. The van der Waals surface area contributed by atoms with Crippen molar-refractivity contribution < 1.29 is 4.79 Å². The van der Waals surface area contributed by atoms with Gasteiger partial charge in [-0.25, -0.2) is 5.84 Å². The van der Waals surface area contributed by atoms with Gasteiger partial charge in [0.1, 0.15) is 0 Å². The fourth-order valence-corrected chi connectivity index (χ4v) is 0.764. The number of hydrogen-bond acceptors (Lipinski definition) is 4. The van der Waals surface area contributed by atoms with Gasteiger partial charge >= 0.3 is 0 Å². The number of carbonyl (C=O) groups is 1. The van der Waals surface area contributed by atoms with Crippen molar-refractivity contribution in [2.75, 3.05) is 0 Å². The first kappa shape index (κ1) is 12.2. The number of hydrazine groups is 1. The first-order valence-electron chi connectivity index (χ1n) is 4.07. The molecule has 0 aliphatic carbocycles. The van der Waals surface area contributed by atoms with E-state index >= 15 is 0 Å². The second kappa shape index (κ2) is 6.68. The van der Waals surface area contributed by atoms with E-state index in [2.05, 4.69) is 6.58 Å². The van der Waals surface area contributed by atoms with Crippen molar-refractivity contribution in [2.45, 2.75) is 6.92 Å². The first-order chi connectivity index (χ1) is 6.65. The summed E-state index contributed by atoms with van der Waals surface area (Å²) in [6.45, 7) is 5.36. The van der Waals surface area contributed by atoms with Gasteiger partial charge in [-0.15, -0.1) is 0 Å². The number of aldehydes is 1. The molecule has 0 radical (unpaired) electrons. The molecule has 0 aromatic carbocycles. The summed E-state index contributed by atoms with van der Waals surface area (Å²) in [4.78, 5) is 10.2. The fraction of sp³-hybridized carbons (Fsp3) is 0.100. The molecule has 0 fully saturated rings. The minimum absolute atomic E-state index is 0.0684. The van der Waals surface area contributed by atoms with Crippen LogP contribution in [-0.4, -0.2) is 11.3 Å². The molecule has 14 heavy (non-hydrogen) atoms. The molecule has 0 saturated carbocycles. The lowest BCUT2D eigenvalue weighted by Gasteiger charge is -2.14. The summed E-state index contributed by atoms with van der Waals surface area (Å²) < 4.78 is 0. The fourth-order valence-electron chi connectivity index (χ4n) is 0.764.